The van der Waals surface area contributed by atoms with Crippen molar-refractivity contribution in [1.29, 1.82) is 0 Å². The summed E-state index contributed by atoms with van der Waals surface area (Å²) in [7, 11) is 0. The number of nitrogens with two attached hydrogens (primary N) is 2. The van der Waals surface area contributed by atoms with E-state index in [0.29, 0.717) is 0 Å². The standard InChI is InChI=1S/2C4H7F3N2O.CH4/c2*5-4(6,7)2-9-3(10)1-8;/h2*1-2,8H2,(H,9,10);1H4. The number of carbonyl (C=O) groups is 2. The van der Waals surface area contributed by atoms with Gasteiger partial charge in [0.1, 0.15) is 13.1 Å². The SMILES string of the molecule is C.NCC(=O)NCC(F)(F)F.NCC(=O)NCC(F)(F)F. The Morgan fingerprint density at radius 1 is 0.762 bits per heavy atom. The first kappa shape index (κ1) is 24.5. The molecular weight excluding hydrogens is 310 g/mol. The molecule has 0 saturated heterocycles. The number of nitrogens with one attached hydrogen (secondary N) is 2. The first-order chi connectivity index (χ1) is 8.91. The second-order valence-electron chi connectivity index (χ2n) is 3.19. The van der Waals surface area contributed by atoms with Gasteiger partial charge in [-0.3, -0.25) is 9.59 Å². The molecule has 6 N–H and O–H groups in total. The van der Waals surface area contributed by atoms with E-state index in [0.717, 1.165) is 0 Å². The minimum atomic E-state index is -4.36. The van der Waals surface area contributed by atoms with Crippen LogP contribution in [0.4, 0.5) is 26.3 Å². The van der Waals surface area contributed by atoms with Crippen LogP contribution in [-0.4, -0.2) is 50.3 Å². The fraction of sp³-hybridized carbons (Fsp3) is 0.778. The van der Waals surface area contributed by atoms with Crippen molar-refractivity contribution < 1.29 is 35.9 Å². The molecule has 12 heteroatoms. The molecule has 2 amide bonds. The number of amides is 2. The molecule has 0 atom stereocenters. The number of alkyl halides is 6. The van der Waals surface area contributed by atoms with Gasteiger partial charge in [-0.2, -0.15) is 26.3 Å². The predicted octanol–water partition coefficient (Wildman–Crippen LogP) is -0.117. The minimum absolute atomic E-state index is 0. The number of hydrogen-bond acceptors (Lipinski definition) is 4. The number of halogens is 6. The lowest BCUT2D eigenvalue weighted by molar-refractivity contribution is -0.137. The maximum absolute atomic E-state index is 11.3. The van der Waals surface area contributed by atoms with Gasteiger partial charge in [-0.1, -0.05) is 7.43 Å². The third-order valence-corrected chi connectivity index (χ3v) is 1.34. The molecule has 0 aliphatic heterocycles. The Labute approximate surface area is 117 Å². The Balaban J connectivity index is -0.000000295. The summed E-state index contributed by atoms with van der Waals surface area (Å²) < 4.78 is 67.8. The predicted molar refractivity (Wildman–Crippen MR) is 63.0 cm³/mol. The lowest BCUT2D eigenvalue weighted by Crippen LogP contribution is -2.37. The molecule has 0 spiro atoms. The van der Waals surface area contributed by atoms with Crippen molar-refractivity contribution in [3.63, 3.8) is 0 Å². The van der Waals surface area contributed by atoms with Crippen LogP contribution in [0.25, 0.3) is 0 Å². The van der Waals surface area contributed by atoms with Crippen molar-refractivity contribution in [1.82, 2.24) is 10.6 Å². The smallest absolute Gasteiger partial charge is 0.346 e. The van der Waals surface area contributed by atoms with Gasteiger partial charge in [-0.25, -0.2) is 0 Å². The van der Waals surface area contributed by atoms with E-state index in [1.54, 1.807) is 10.6 Å². The van der Waals surface area contributed by atoms with Crippen molar-refractivity contribution >= 4 is 11.8 Å². The van der Waals surface area contributed by atoms with Crippen LogP contribution in [0, 0.1) is 0 Å². The summed E-state index contributed by atoms with van der Waals surface area (Å²) in [4.78, 5) is 20.2. The second kappa shape index (κ2) is 11.1. The van der Waals surface area contributed by atoms with E-state index in [2.05, 4.69) is 0 Å². The molecule has 0 aromatic heterocycles. The summed E-state index contributed by atoms with van der Waals surface area (Å²) >= 11 is 0. The van der Waals surface area contributed by atoms with Crippen LogP contribution < -0.4 is 22.1 Å². The molecule has 0 aromatic rings. The summed E-state index contributed by atoms with van der Waals surface area (Å²) in [5.74, 6) is -1.62. The molecule has 0 saturated carbocycles. The lowest BCUT2D eigenvalue weighted by Gasteiger charge is -2.06. The van der Waals surface area contributed by atoms with E-state index in [-0.39, 0.29) is 7.43 Å². The maximum Gasteiger partial charge on any atom is 0.405 e. The molecule has 0 heterocycles. The molecule has 0 aliphatic rings. The van der Waals surface area contributed by atoms with Gasteiger partial charge in [0.05, 0.1) is 13.1 Å². The molecule has 0 aromatic carbocycles. The molecule has 0 bridgehead atoms. The van der Waals surface area contributed by atoms with Gasteiger partial charge < -0.3 is 22.1 Å². The summed E-state index contributed by atoms with van der Waals surface area (Å²) in [6.07, 6.45) is -8.71. The fourth-order valence-corrected chi connectivity index (χ4v) is 0.542. The van der Waals surface area contributed by atoms with Crippen LogP contribution >= 0.6 is 0 Å². The van der Waals surface area contributed by atoms with Gasteiger partial charge in [0.2, 0.25) is 11.8 Å². The lowest BCUT2D eigenvalue weighted by atomic mass is 10.5. The average molecular weight is 328 g/mol. The second-order valence-corrected chi connectivity index (χ2v) is 3.19. The molecule has 6 nitrogen and oxygen atoms in total. The highest BCUT2D eigenvalue weighted by molar-refractivity contribution is 5.78. The zero-order valence-corrected chi connectivity index (χ0v) is 10.1. The topological polar surface area (TPSA) is 110 Å². The van der Waals surface area contributed by atoms with Gasteiger partial charge in [-0.15, -0.1) is 0 Å². The number of hydrogen-bond donors (Lipinski definition) is 4. The zero-order chi connectivity index (χ0) is 16.4. The van der Waals surface area contributed by atoms with E-state index in [9.17, 15) is 35.9 Å². The van der Waals surface area contributed by atoms with E-state index < -0.39 is 50.3 Å². The molecule has 0 unspecified atom stereocenters. The molecule has 0 rings (SSSR count). The highest BCUT2D eigenvalue weighted by atomic mass is 19.4. The Bertz CT molecular complexity index is 276. The summed E-state index contributed by atoms with van der Waals surface area (Å²) in [5, 5.41) is 3.17. The fourth-order valence-electron chi connectivity index (χ4n) is 0.542. The van der Waals surface area contributed by atoms with E-state index >= 15 is 0 Å². The largest absolute Gasteiger partial charge is 0.405 e. The molecule has 128 valence electrons. The van der Waals surface area contributed by atoms with Gasteiger partial charge in [0.25, 0.3) is 0 Å². The number of rotatable bonds is 4. The highest BCUT2D eigenvalue weighted by Crippen LogP contribution is 2.12. The van der Waals surface area contributed by atoms with Crippen molar-refractivity contribution in [2.24, 2.45) is 11.5 Å². The van der Waals surface area contributed by atoms with Gasteiger partial charge in [-0.05, 0) is 0 Å². The minimum Gasteiger partial charge on any atom is -0.346 e. The van der Waals surface area contributed by atoms with Crippen LogP contribution in [-0.2, 0) is 9.59 Å². The summed E-state index contributed by atoms with van der Waals surface area (Å²) in [6, 6.07) is 0. The van der Waals surface area contributed by atoms with Crippen LogP contribution in [0.3, 0.4) is 0 Å². The van der Waals surface area contributed by atoms with Crippen LogP contribution in [0.1, 0.15) is 7.43 Å². The van der Waals surface area contributed by atoms with Gasteiger partial charge >= 0.3 is 12.4 Å². The quantitative estimate of drug-likeness (QED) is 0.539. The third kappa shape index (κ3) is 23.9. The van der Waals surface area contributed by atoms with Crippen molar-refractivity contribution in [3.05, 3.63) is 0 Å². The number of carbonyl (C=O) groups excluding carboxylic acids is 2. The van der Waals surface area contributed by atoms with Gasteiger partial charge in [0.15, 0.2) is 0 Å². The zero-order valence-electron chi connectivity index (χ0n) is 10.1. The summed E-state index contributed by atoms with van der Waals surface area (Å²) in [6.45, 7) is -3.47. The molecular formula is C9H18F6N4O2. The van der Waals surface area contributed by atoms with Crippen LogP contribution in [0.15, 0.2) is 0 Å². The van der Waals surface area contributed by atoms with Crippen molar-refractivity contribution in [3.8, 4) is 0 Å². The van der Waals surface area contributed by atoms with Crippen molar-refractivity contribution in [2.75, 3.05) is 26.2 Å². The molecule has 0 aliphatic carbocycles. The van der Waals surface area contributed by atoms with E-state index in [1.807, 2.05) is 0 Å². The molecule has 0 fully saturated rings. The molecule has 21 heavy (non-hydrogen) atoms. The van der Waals surface area contributed by atoms with Crippen LogP contribution in [0.2, 0.25) is 0 Å². The monoisotopic (exact) mass is 328 g/mol. The Morgan fingerprint density at radius 2 is 1.00 bits per heavy atom. The highest BCUT2D eigenvalue weighted by Gasteiger charge is 2.27. The van der Waals surface area contributed by atoms with Gasteiger partial charge in [0, 0.05) is 0 Å². The molecule has 0 radical (unpaired) electrons. The third-order valence-electron chi connectivity index (χ3n) is 1.34. The van der Waals surface area contributed by atoms with E-state index in [1.165, 1.54) is 0 Å². The first-order valence-electron chi connectivity index (χ1n) is 4.98. The maximum atomic E-state index is 11.3. The summed E-state index contributed by atoms with van der Waals surface area (Å²) in [5.41, 5.74) is 9.44. The van der Waals surface area contributed by atoms with Crippen molar-refractivity contribution in [2.45, 2.75) is 19.8 Å². The first-order valence-corrected chi connectivity index (χ1v) is 4.98. The Kier molecular flexibility index (Phi) is 13.0. The van der Waals surface area contributed by atoms with E-state index in [4.69, 9.17) is 11.5 Å². The normalized spacial score (nSPS) is 10.7. The average Bonchev–Trinajstić information content (AvgIpc) is 2.31. The van der Waals surface area contributed by atoms with Crippen LogP contribution in [0.5, 0.6) is 0 Å². The Hall–Kier alpha value is -1.56. The Morgan fingerprint density at radius 3 is 1.14 bits per heavy atom.